The van der Waals surface area contributed by atoms with Gasteiger partial charge in [-0.3, -0.25) is 4.79 Å². The van der Waals surface area contributed by atoms with Crippen LogP contribution in [0.3, 0.4) is 0 Å². The number of rotatable bonds is 8. The molecule has 0 fully saturated rings. The Bertz CT molecular complexity index is 989. The van der Waals surface area contributed by atoms with E-state index in [0.29, 0.717) is 41.3 Å². The van der Waals surface area contributed by atoms with Crippen molar-refractivity contribution in [3.05, 3.63) is 35.7 Å². The third kappa shape index (κ3) is 4.72. The van der Waals surface area contributed by atoms with Crippen LogP contribution in [0.15, 0.2) is 29.4 Å². The van der Waals surface area contributed by atoms with E-state index < -0.39 is 0 Å². The second-order valence-electron chi connectivity index (χ2n) is 6.01. The van der Waals surface area contributed by atoms with Gasteiger partial charge in [0, 0.05) is 17.5 Å². The largest absolute Gasteiger partial charge is 0.494 e. The standard InChI is InChI=1S/C19H23N5O3S/c1-5-26-14-7-8-16(27-6-2)15(10-14)21-17(25)11-28-19-22-18-20-12(3)9-13(4)24(18)23-19/h7-10H,5-6,11H2,1-4H3,(H,21,25). The summed E-state index contributed by atoms with van der Waals surface area (Å²) < 4.78 is 12.8. The third-order valence-electron chi connectivity index (χ3n) is 3.77. The molecule has 0 bridgehead atoms. The number of aromatic nitrogens is 4. The van der Waals surface area contributed by atoms with Gasteiger partial charge in [0.05, 0.1) is 24.7 Å². The van der Waals surface area contributed by atoms with Crippen molar-refractivity contribution in [1.82, 2.24) is 19.6 Å². The lowest BCUT2D eigenvalue weighted by Gasteiger charge is -2.13. The molecule has 0 saturated carbocycles. The topological polar surface area (TPSA) is 90.6 Å². The highest BCUT2D eigenvalue weighted by atomic mass is 32.2. The molecule has 1 amide bonds. The number of benzene rings is 1. The fraction of sp³-hybridized carbons (Fsp3) is 0.368. The van der Waals surface area contributed by atoms with Gasteiger partial charge in [0.25, 0.3) is 5.78 Å². The third-order valence-corrected chi connectivity index (χ3v) is 4.60. The van der Waals surface area contributed by atoms with E-state index in [1.165, 1.54) is 11.8 Å². The van der Waals surface area contributed by atoms with Crippen molar-refractivity contribution in [3.63, 3.8) is 0 Å². The summed E-state index contributed by atoms with van der Waals surface area (Å²) >= 11 is 1.25. The lowest BCUT2D eigenvalue weighted by molar-refractivity contribution is -0.113. The van der Waals surface area contributed by atoms with Crippen LogP contribution in [0.5, 0.6) is 11.5 Å². The number of anilines is 1. The van der Waals surface area contributed by atoms with Crippen molar-refractivity contribution in [2.24, 2.45) is 0 Å². The van der Waals surface area contributed by atoms with Crippen molar-refractivity contribution in [3.8, 4) is 11.5 Å². The Labute approximate surface area is 167 Å². The summed E-state index contributed by atoms with van der Waals surface area (Å²) in [5.41, 5.74) is 2.40. The van der Waals surface area contributed by atoms with Crippen molar-refractivity contribution in [2.45, 2.75) is 32.9 Å². The van der Waals surface area contributed by atoms with Crippen LogP contribution < -0.4 is 14.8 Å². The van der Waals surface area contributed by atoms with E-state index in [4.69, 9.17) is 9.47 Å². The maximum Gasteiger partial charge on any atom is 0.253 e. The van der Waals surface area contributed by atoms with Gasteiger partial charge in [-0.1, -0.05) is 11.8 Å². The lowest BCUT2D eigenvalue weighted by atomic mass is 10.2. The van der Waals surface area contributed by atoms with E-state index in [2.05, 4.69) is 20.4 Å². The molecule has 0 unspecified atom stereocenters. The number of thioether (sulfide) groups is 1. The van der Waals surface area contributed by atoms with Crippen LogP contribution >= 0.6 is 11.8 Å². The SMILES string of the molecule is CCOc1ccc(OCC)c(NC(=O)CSc2nc3nc(C)cc(C)n3n2)c1. The predicted octanol–water partition coefficient (Wildman–Crippen LogP) is 3.27. The van der Waals surface area contributed by atoms with E-state index >= 15 is 0 Å². The molecule has 9 heteroatoms. The van der Waals surface area contributed by atoms with Crippen LogP contribution in [0.2, 0.25) is 0 Å². The molecule has 3 rings (SSSR count). The van der Waals surface area contributed by atoms with Crippen molar-refractivity contribution in [2.75, 3.05) is 24.3 Å². The van der Waals surface area contributed by atoms with Gasteiger partial charge in [-0.25, -0.2) is 9.50 Å². The monoisotopic (exact) mass is 401 g/mol. The van der Waals surface area contributed by atoms with Crippen LogP contribution in [0.1, 0.15) is 25.2 Å². The zero-order valence-corrected chi connectivity index (χ0v) is 17.2. The summed E-state index contributed by atoms with van der Waals surface area (Å²) in [6.07, 6.45) is 0. The maximum atomic E-state index is 12.4. The smallest absolute Gasteiger partial charge is 0.253 e. The summed E-state index contributed by atoms with van der Waals surface area (Å²) in [4.78, 5) is 21.2. The molecule has 1 aromatic carbocycles. The molecule has 0 radical (unpaired) electrons. The molecule has 0 aliphatic heterocycles. The van der Waals surface area contributed by atoms with Crippen molar-refractivity contribution >= 4 is 29.1 Å². The van der Waals surface area contributed by atoms with E-state index in [0.717, 1.165) is 11.4 Å². The number of hydrogen-bond acceptors (Lipinski definition) is 7. The Morgan fingerprint density at radius 3 is 2.68 bits per heavy atom. The van der Waals surface area contributed by atoms with Gasteiger partial charge in [-0.05, 0) is 45.9 Å². The summed E-state index contributed by atoms with van der Waals surface area (Å²) in [6.45, 7) is 8.70. The Hall–Kier alpha value is -2.81. The molecule has 8 nitrogen and oxygen atoms in total. The summed E-state index contributed by atoms with van der Waals surface area (Å²) in [5.74, 6) is 1.79. The summed E-state index contributed by atoms with van der Waals surface area (Å²) in [5, 5.41) is 7.78. The molecule has 2 aromatic heterocycles. The fourth-order valence-electron chi connectivity index (χ4n) is 2.67. The molecule has 0 atom stereocenters. The lowest BCUT2D eigenvalue weighted by Crippen LogP contribution is -2.15. The van der Waals surface area contributed by atoms with Gasteiger partial charge in [0.2, 0.25) is 11.1 Å². The highest BCUT2D eigenvalue weighted by Crippen LogP contribution is 2.29. The van der Waals surface area contributed by atoms with Crippen LogP contribution in [0.4, 0.5) is 5.69 Å². The molecule has 0 spiro atoms. The fourth-order valence-corrected chi connectivity index (χ4v) is 3.29. The maximum absolute atomic E-state index is 12.4. The summed E-state index contributed by atoms with van der Waals surface area (Å²) in [6, 6.07) is 7.30. The van der Waals surface area contributed by atoms with Crippen molar-refractivity contribution < 1.29 is 14.3 Å². The van der Waals surface area contributed by atoms with E-state index in [1.807, 2.05) is 39.8 Å². The zero-order valence-electron chi connectivity index (χ0n) is 16.4. The first-order valence-electron chi connectivity index (χ1n) is 9.03. The first-order valence-corrected chi connectivity index (χ1v) is 10.0. The Kier molecular flexibility index (Phi) is 6.35. The van der Waals surface area contributed by atoms with Gasteiger partial charge in [-0.15, -0.1) is 5.10 Å². The minimum atomic E-state index is -0.181. The van der Waals surface area contributed by atoms with Gasteiger partial charge in [0.1, 0.15) is 11.5 Å². The van der Waals surface area contributed by atoms with Gasteiger partial charge >= 0.3 is 0 Å². The average molecular weight is 401 g/mol. The van der Waals surface area contributed by atoms with E-state index in [1.54, 1.807) is 16.6 Å². The highest BCUT2D eigenvalue weighted by Gasteiger charge is 2.13. The predicted molar refractivity (Wildman–Crippen MR) is 108 cm³/mol. The van der Waals surface area contributed by atoms with Gasteiger partial charge < -0.3 is 14.8 Å². The summed E-state index contributed by atoms with van der Waals surface area (Å²) in [7, 11) is 0. The molecule has 0 saturated heterocycles. The molecule has 148 valence electrons. The molecule has 0 aliphatic carbocycles. The van der Waals surface area contributed by atoms with Crippen molar-refractivity contribution in [1.29, 1.82) is 0 Å². The number of carbonyl (C=O) groups excluding carboxylic acids is 1. The minimum Gasteiger partial charge on any atom is -0.494 e. The number of hydrogen-bond donors (Lipinski definition) is 1. The Morgan fingerprint density at radius 1 is 1.14 bits per heavy atom. The number of carbonyl (C=O) groups is 1. The quantitative estimate of drug-likeness (QED) is 0.579. The number of nitrogens with one attached hydrogen (secondary N) is 1. The number of nitrogens with zero attached hydrogens (tertiary/aromatic N) is 4. The highest BCUT2D eigenvalue weighted by molar-refractivity contribution is 7.99. The zero-order chi connectivity index (χ0) is 20.1. The number of aryl methyl sites for hydroxylation is 2. The first kappa shape index (κ1) is 19.9. The first-order chi connectivity index (χ1) is 13.5. The normalized spacial score (nSPS) is 10.9. The molecular formula is C19H23N5O3S. The van der Waals surface area contributed by atoms with Gasteiger partial charge in [-0.2, -0.15) is 4.98 Å². The Morgan fingerprint density at radius 2 is 1.93 bits per heavy atom. The van der Waals surface area contributed by atoms with Crippen LogP contribution in [-0.4, -0.2) is 44.5 Å². The molecule has 3 aromatic rings. The van der Waals surface area contributed by atoms with E-state index in [9.17, 15) is 4.79 Å². The molecule has 28 heavy (non-hydrogen) atoms. The van der Waals surface area contributed by atoms with Gasteiger partial charge in [0.15, 0.2) is 0 Å². The van der Waals surface area contributed by atoms with Crippen LogP contribution in [-0.2, 0) is 4.79 Å². The number of amides is 1. The van der Waals surface area contributed by atoms with E-state index in [-0.39, 0.29) is 11.7 Å². The molecule has 0 aliphatic rings. The number of fused-ring (bicyclic) bond motifs is 1. The molecule has 2 heterocycles. The average Bonchev–Trinajstić information content (AvgIpc) is 3.06. The molecular weight excluding hydrogens is 378 g/mol. The molecule has 1 N–H and O–H groups in total. The van der Waals surface area contributed by atoms with Crippen LogP contribution in [0, 0.1) is 13.8 Å². The minimum absolute atomic E-state index is 0.166. The van der Waals surface area contributed by atoms with Crippen LogP contribution in [0.25, 0.3) is 5.78 Å². The second-order valence-corrected chi connectivity index (χ2v) is 6.95. The Balaban J connectivity index is 1.68. The number of ether oxygens (including phenoxy) is 2. The second kappa shape index (κ2) is 8.92.